The Morgan fingerprint density at radius 1 is 1.38 bits per heavy atom. The quantitative estimate of drug-likeness (QED) is 0.353. The van der Waals surface area contributed by atoms with Crippen LogP contribution in [0, 0.1) is 12.7 Å². The van der Waals surface area contributed by atoms with Crippen LogP contribution in [0.2, 0.25) is 0 Å². The fourth-order valence-corrected chi connectivity index (χ4v) is 3.49. The number of rotatable bonds is 6. The van der Waals surface area contributed by atoms with Crippen LogP contribution < -0.4 is 20.3 Å². The topological polar surface area (TPSA) is 61.8 Å². The first kappa shape index (κ1) is 23.2. The van der Waals surface area contributed by atoms with E-state index in [0.717, 1.165) is 37.6 Å². The number of benzene rings is 1. The van der Waals surface area contributed by atoms with Crippen LogP contribution in [0.25, 0.3) is 0 Å². The van der Waals surface area contributed by atoms with Gasteiger partial charge in [-0.3, -0.25) is 4.99 Å². The van der Waals surface area contributed by atoms with Gasteiger partial charge in [-0.1, -0.05) is 17.7 Å². The minimum absolute atomic E-state index is 0. The van der Waals surface area contributed by atoms with E-state index in [0.29, 0.717) is 12.4 Å². The lowest BCUT2D eigenvalue weighted by molar-refractivity contribution is 0.409. The molecule has 0 spiro atoms. The molecule has 1 aromatic heterocycles. The van der Waals surface area contributed by atoms with Crippen molar-refractivity contribution in [1.82, 2.24) is 15.6 Å². The van der Waals surface area contributed by atoms with Gasteiger partial charge in [0.15, 0.2) is 17.6 Å². The van der Waals surface area contributed by atoms with Gasteiger partial charge in [0, 0.05) is 38.9 Å². The van der Waals surface area contributed by atoms with Gasteiger partial charge in [0.1, 0.15) is 5.75 Å². The van der Waals surface area contributed by atoms with Gasteiger partial charge < -0.3 is 20.3 Å². The van der Waals surface area contributed by atoms with Crippen molar-refractivity contribution in [3.05, 3.63) is 53.5 Å². The fourth-order valence-electron chi connectivity index (χ4n) is 3.49. The average Bonchev–Trinajstić information content (AvgIpc) is 3.16. The second-order valence-electron chi connectivity index (χ2n) is 6.95. The highest BCUT2D eigenvalue weighted by molar-refractivity contribution is 14.0. The lowest BCUT2D eigenvalue weighted by atomic mass is 10.1. The third kappa shape index (κ3) is 6.19. The van der Waals surface area contributed by atoms with E-state index in [1.54, 1.807) is 26.4 Å². The van der Waals surface area contributed by atoms with Crippen molar-refractivity contribution in [3.63, 3.8) is 0 Å². The lowest BCUT2D eigenvalue weighted by Gasteiger charge is -2.20. The van der Waals surface area contributed by atoms with Gasteiger partial charge in [-0.2, -0.15) is 0 Å². The molecule has 8 heteroatoms. The van der Waals surface area contributed by atoms with Crippen molar-refractivity contribution in [1.29, 1.82) is 0 Å². The third-order valence-corrected chi connectivity index (χ3v) is 4.91. The molecular formula is C21H29FIN5O. The van der Waals surface area contributed by atoms with Gasteiger partial charge in [-0.05, 0) is 43.5 Å². The summed E-state index contributed by atoms with van der Waals surface area (Å²) in [6, 6.07) is 9.45. The van der Waals surface area contributed by atoms with Gasteiger partial charge in [-0.25, -0.2) is 9.37 Å². The standard InChI is InChI=1S/C21H28FN5O.HI/c1-15-6-7-19(28-3)16(13-15)8-11-25-21(23-2)26-17-9-12-27(14-17)20-18(22)5-4-10-24-20;/h4-7,10,13,17H,8-9,11-12,14H2,1-3H3,(H2,23,25,26);1H. The smallest absolute Gasteiger partial charge is 0.191 e. The van der Waals surface area contributed by atoms with Gasteiger partial charge in [0.05, 0.1) is 7.11 Å². The van der Waals surface area contributed by atoms with Crippen LogP contribution in [-0.4, -0.2) is 50.8 Å². The van der Waals surface area contributed by atoms with Crippen LogP contribution in [0.15, 0.2) is 41.5 Å². The fraction of sp³-hybridized carbons (Fsp3) is 0.429. The number of aromatic nitrogens is 1. The summed E-state index contributed by atoms with van der Waals surface area (Å²) >= 11 is 0. The molecule has 1 aliphatic heterocycles. The van der Waals surface area contributed by atoms with Crippen LogP contribution in [0.1, 0.15) is 17.5 Å². The highest BCUT2D eigenvalue weighted by Gasteiger charge is 2.25. The number of hydrogen-bond donors (Lipinski definition) is 2. The van der Waals surface area contributed by atoms with E-state index in [4.69, 9.17) is 4.74 Å². The summed E-state index contributed by atoms with van der Waals surface area (Å²) < 4.78 is 19.4. The molecule has 29 heavy (non-hydrogen) atoms. The maximum atomic E-state index is 13.9. The molecule has 2 aromatic rings. The summed E-state index contributed by atoms with van der Waals surface area (Å²) in [6.45, 7) is 4.28. The van der Waals surface area contributed by atoms with Crippen LogP contribution in [0.4, 0.5) is 10.2 Å². The lowest BCUT2D eigenvalue weighted by Crippen LogP contribution is -2.45. The molecule has 2 heterocycles. The Bertz CT molecular complexity index is 832. The Morgan fingerprint density at radius 2 is 2.21 bits per heavy atom. The third-order valence-electron chi connectivity index (χ3n) is 4.91. The zero-order valence-corrected chi connectivity index (χ0v) is 19.4. The SMILES string of the molecule is CN=C(NCCc1cc(C)ccc1OC)NC1CCN(c2ncccc2F)C1.I. The predicted octanol–water partition coefficient (Wildman–Crippen LogP) is 3.14. The van der Waals surface area contributed by atoms with Crippen molar-refractivity contribution in [3.8, 4) is 5.75 Å². The monoisotopic (exact) mass is 513 g/mol. The molecule has 3 rings (SSSR count). The Kier molecular flexibility index (Phi) is 8.94. The first-order valence-corrected chi connectivity index (χ1v) is 9.57. The number of aliphatic imine (C=N–C) groups is 1. The number of ether oxygens (including phenoxy) is 1. The second-order valence-corrected chi connectivity index (χ2v) is 6.95. The van der Waals surface area contributed by atoms with E-state index < -0.39 is 0 Å². The summed E-state index contributed by atoms with van der Waals surface area (Å²) in [4.78, 5) is 10.4. The van der Waals surface area contributed by atoms with Crippen LogP contribution in [0.3, 0.4) is 0 Å². The molecule has 0 bridgehead atoms. The summed E-state index contributed by atoms with van der Waals surface area (Å²) in [5, 5.41) is 6.78. The Labute approximate surface area is 189 Å². The maximum absolute atomic E-state index is 13.9. The molecule has 0 radical (unpaired) electrons. The van der Waals surface area contributed by atoms with Crippen LogP contribution >= 0.6 is 24.0 Å². The minimum atomic E-state index is -0.280. The molecule has 0 aliphatic carbocycles. The zero-order chi connectivity index (χ0) is 19.9. The number of methoxy groups -OCH3 is 1. The molecular weight excluding hydrogens is 484 g/mol. The van der Waals surface area contributed by atoms with E-state index >= 15 is 0 Å². The van der Waals surface area contributed by atoms with E-state index in [9.17, 15) is 4.39 Å². The molecule has 0 saturated carbocycles. The van der Waals surface area contributed by atoms with E-state index in [1.807, 2.05) is 17.0 Å². The first-order chi connectivity index (χ1) is 13.6. The summed E-state index contributed by atoms with van der Waals surface area (Å²) in [6.07, 6.45) is 3.36. The zero-order valence-electron chi connectivity index (χ0n) is 17.1. The van der Waals surface area contributed by atoms with Crippen LogP contribution in [-0.2, 0) is 6.42 Å². The maximum Gasteiger partial charge on any atom is 0.191 e. The highest BCUT2D eigenvalue weighted by atomic mass is 127. The number of hydrogen-bond acceptors (Lipinski definition) is 4. The van der Waals surface area contributed by atoms with Gasteiger partial charge >= 0.3 is 0 Å². The molecule has 158 valence electrons. The summed E-state index contributed by atoms with van der Waals surface area (Å²) in [5.41, 5.74) is 2.38. The molecule has 1 aliphatic rings. The van der Waals surface area contributed by atoms with Gasteiger partial charge in [0.25, 0.3) is 0 Å². The number of nitrogens with one attached hydrogen (secondary N) is 2. The molecule has 1 aromatic carbocycles. The molecule has 1 unspecified atom stereocenters. The Morgan fingerprint density at radius 3 is 2.93 bits per heavy atom. The van der Waals surface area contributed by atoms with Gasteiger partial charge in [-0.15, -0.1) is 24.0 Å². The molecule has 6 nitrogen and oxygen atoms in total. The molecule has 1 atom stereocenters. The Hall–Kier alpha value is -2.10. The van der Waals surface area contributed by atoms with E-state index in [2.05, 4.69) is 33.6 Å². The molecule has 1 saturated heterocycles. The van der Waals surface area contributed by atoms with Crippen molar-refractivity contribution >= 4 is 35.8 Å². The summed E-state index contributed by atoms with van der Waals surface area (Å²) in [7, 11) is 3.45. The number of anilines is 1. The summed E-state index contributed by atoms with van der Waals surface area (Å²) in [5.74, 6) is 1.79. The second kappa shape index (κ2) is 11.2. The minimum Gasteiger partial charge on any atom is -0.496 e. The number of aryl methyl sites for hydroxylation is 1. The molecule has 1 fully saturated rings. The predicted molar refractivity (Wildman–Crippen MR) is 126 cm³/mol. The van der Waals surface area contributed by atoms with Gasteiger partial charge in [0.2, 0.25) is 0 Å². The van der Waals surface area contributed by atoms with Crippen molar-refractivity contribution in [2.45, 2.75) is 25.8 Å². The largest absolute Gasteiger partial charge is 0.496 e. The van der Waals surface area contributed by atoms with Crippen molar-refractivity contribution in [2.24, 2.45) is 4.99 Å². The first-order valence-electron chi connectivity index (χ1n) is 9.57. The highest BCUT2D eigenvalue weighted by Crippen LogP contribution is 2.21. The molecule has 0 amide bonds. The Balaban J connectivity index is 0.00000300. The molecule has 2 N–H and O–H groups in total. The number of guanidine groups is 1. The van der Waals surface area contributed by atoms with Crippen molar-refractivity contribution < 1.29 is 9.13 Å². The van der Waals surface area contributed by atoms with E-state index in [1.165, 1.54) is 17.2 Å². The van der Waals surface area contributed by atoms with E-state index in [-0.39, 0.29) is 35.8 Å². The number of halogens is 2. The number of nitrogens with zero attached hydrogens (tertiary/aromatic N) is 3. The number of pyridine rings is 1. The average molecular weight is 513 g/mol. The normalized spacial score (nSPS) is 16.3. The van der Waals surface area contributed by atoms with Crippen molar-refractivity contribution in [2.75, 3.05) is 38.7 Å². The van der Waals surface area contributed by atoms with Crippen LogP contribution in [0.5, 0.6) is 5.75 Å².